The van der Waals surface area contributed by atoms with Crippen LogP contribution in [0.25, 0.3) is 5.65 Å². The second-order valence-electron chi connectivity index (χ2n) is 4.85. The highest BCUT2D eigenvalue weighted by Gasteiger charge is 2.03. The zero-order chi connectivity index (χ0) is 15.5. The number of hydrogen-bond donors (Lipinski definition) is 0. The molecule has 1 aromatic carbocycles. The van der Waals surface area contributed by atoms with Gasteiger partial charge in [-0.05, 0) is 36.8 Å². The van der Waals surface area contributed by atoms with Gasteiger partial charge in [-0.25, -0.2) is 9.37 Å². The Morgan fingerprint density at radius 2 is 1.95 bits per heavy atom. The van der Waals surface area contributed by atoms with E-state index in [1.807, 2.05) is 6.92 Å². The minimum Gasteiger partial charge on any atom is -0.269 e. The van der Waals surface area contributed by atoms with Gasteiger partial charge in [0.05, 0.1) is 0 Å². The number of nitrogens with zero attached hydrogens (tertiary/aromatic N) is 2. The minimum atomic E-state index is -0.314. The third-order valence-electron chi connectivity index (χ3n) is 3.34. The smallest absolute Gasteiger partial charge is 0.260 e. The molecule has 0 saturated carbocycles. The van der Waals surface area contributed by atoms with E-state index < -0.39 is 0 Å². The van der Waals surface area contributed by atoms with Crippen LogP contribution in [-0.4, -0.2) is 9.38 Å². The first-order chi connectivity index (χ1) is 10.7. The molecule has 0 fully saturated rings. The summed E-state index contributed by atoms with van der Waals surface area (Å²) in [6.07, 6.45) is 3.91. The van der Waals surface area contributed by atoms with E-state index in [4.69, 9.17) is 0 Å². The van der Waals surface area contributed by atoms with Gasteiger partial charge in [0.25, 0.3) is 5.56 Å². The largest absolute Gasteiger partial charge is 0.269 e. The molecule has 0 unspecified atom stereocenters. The highest BCUT2D eigenvalue weighted by Crippen LogP contribution is 2.05. The Labute approximate surface area is 127 Å². The third kappa shape index (κ3) is 2.75. The molecule has 2 aromatic heterocycles. The molecule has 0 N–H and O–H groups in total. The Morgan fingerprint density at radius 3 is 2.68 bits per heavy atom. The van der Waals surface area contributed by atoms with Crippen molar-refractivity contribution < 1.29 is 4.39 Å². The van der Waals surface area contributed by atoms with Crippen LogP contribution < -0.4 is 5.56 Å². The van der Waals surface area contributed by atoms with Crippen LogP contribution in [0.5, 0.6) is 0 Å². The molecule has 0 spiro atoms. The van der Waals surface area contributed by atoms with Gasteiger partial charge in [-0.2, -0.15) is 0 Å². The van der Waals surface area contributed by atoms with E-state index >= 15 is 0 Å². The van der Waals surface area contributed by atoms with Crippen LogP contribution in [0.15, 0.2) is 53.6 Å². The number of fused-ring (bicyclic) bond motifs is 1. The van der Waals surface area contributed by atoms with E-state index in [2.05, 4.69) is 16.8 Å². The van der Waals surface area contributed by atoms with Crippen LogP contribution in [0.2, 0.25) is 0 Å². The van der Waals surface area contributed by atoms with Gasteiger partial charge in [0.1, 0.15) is 11.5 Å². The van der Waals surface area contributed by atoms with Crippen LogP contribution >= 0.6 is 0 Å². The molecule has 4 heteroatoms. The molecular formula is C18H13FN2O. The topological polar surface area (TPSA) is 34.4 Å². The van der Waals surface area contributed by atoms with Crippen molar-refractivity contribution in [2.24, 2.45) is 0 Å². The molecule has 0 atom stereocenters. The van der Waals surface area contributed by atoms with Crippen molar-refractivity contribution in [1.29, 1.82) is 0 Å². The predicted octanol–water partition coefficient (Wildman–Crippen LogP) is 2.80. The highest BCUT2D eigenvalue weighted by atomic mass is 19.1. The fourth-order valence-corrected chi connectivity index (χ4v) is 2.14. The molecule has 22 heavy (non-hydrogen) atoms. The summed E-state index contributed by atoms with van der Waals surface area (Å²) in [5, 5.41) is 0. The lowest BCUT2D eigenvalue weighted by molar-refractivity contribution is 0.627. The van der Waals surface area contributed by atoms with Crippen LogP contribution in [-0.2, 0) is 6.42 Å². The van der Waals surface area contributed by atoms with E-state index in [1.54, 1.807) is 36.7 Å². The molecule has 3 nitrogen and oxygen atoms in total. The quantitative estimate of drug-likeness (QED) is 0.646. The van der Waals surface area contributed by atoms with Gasteiger partial charge in [0.2, 0.25) is 0 Å². The standard InChI is InChI=1S/C18H13FN2O/c1-2-15-12-20-17-11-14(8-9-21(17)18(15)22)7-6-13-4-3-5-16(19)10-13/h3-5,8-12H,2H2,1H3. The van der Waals surface area contributed by atoms with E-state index in [0.29, 0.717) is 23.2 Å². The number of pyridine rings is 1. The van der Waals surface area contributed by atoms with Crippen LogP contribution in [0.4, 0.5) is 4.39 Å². The summed E-state index contributed by atoms with van der Waals surface area (Å²) in [6, 6.07) is 9.61. The normalized spacial score (nSPS) is 10.3. The molecule has 3 rings (SSSR count). The molecule has 0 aliphatic rings. The van der Waals surface area contributed by atoms with Crippen molar-refractivity contribution in [2.45, 2.75) is 13.3 Å². The second-order valence-corrected chi connectivity index (χ2v) is 4.85. The highest BCUT2D eigenvalue weighted by molar-refractivity contribution is 5.49. The molecule has 108 valence electrons. The van der Waals surface area contributed by atoms with Crippen LogP contribution in [0.3, 0.4) is 0 Å². The summed E-state index contributed by atoms with van der Waals surface area (Å²) in [5.41, 5.74) is 2.49. The Kier molecular flexibility index (Phi) is 3.71. The van der Waals surface area contributed by atoms with Gasteiger partial charge >= 0.3 is 0 Å². The molecule has 0 aliphatic carbocycles. The van der Waals surface area contributed by atoms with Crippen molar-refractivity contribution in [3.63, 3.8) is 0 Å². The fraction of sp³-hybridized carbons (Fsp3) is 0.111. The maximum Gasteiger partial charge on any atom is 0.260 e. The molecule has 0 saturated heterocycles. The van der Waals surface area contributed by atoms with Crippen molar-refractivity contribution in [2.75, 3.05) is 0 Å². The summed E-state index contributed by atoms with van der Waals surface area (Å²) in [7, 11) is 0. The molecule has 3 aromatic rings. The van der Waals surface area contributed by atoms with E-state index in [-0.39, 0.29) is 11.4 Å². The molecule has 2 heterocycles. The van der Waals surface area contributed by atoms with Gasteiger partial charge in [-0.1, -0.05) is 24.8 Å². The van der Waals surface area contributed by atoms with Crippen LogP contribution in [0, 0.1) is 17.7 Å². The number of aryl methyl sites for hydroxylation is 1. The van der Waals surface area contributed by atoms with Crippen molar-refractivity contribution in [3.8, 4) is 11.8 Å². The first-order valence-electron chi connectivity index (χ1n) is 6.95. The fourth-order valence-electron chi connectivity index (χ4n) is 2.14. The lowest BCUT2D eigenvalue weighted by Gasteiger charge is -2.02. The van der Waals surface area contributed by atoms with Gasteiger partial charge in [-0.15, -0.1) is 0 Å². The van der Waals surface area contributed by atoms with Gasteiger partial charge in [0.15, 0.2) is 0 Å². The van der Waals surface area contributed by atoms with Crippen LogP contribution in [0.1, 0.15) is 23.6 Å². The van der Waals surface area contributed by atoms with E-state index in [9.17, 15) is 9.18 Å². The van der Waals surface area contributed by atoms with Gasteiger partial charge in [-0.3, -0.25) is 9.20 Å². The average Bonchev–Trinajstić information content (AvgIpc) is 2.53. The summed E-state index contributed by atoms with van der Waals surface area (Å²) in [6.45, 7) is 1.92. The molecular weight excluding hydrogens is 279 g/mol. The van der Waals surface area contributed by atoms with Gasteiger partial charge in [0, 0.05) is 29.1 Å². The first-order valence-corrected chi connectivity index (χ1v) is 6.95. The molecule has 0 bridgehead atoms. The minimum absolute atomic E-state index is 0.0582. The number of rotatable bonds is 1. The van der Waals surface area contributed by atoms with Crippen molar-refractivity contribution in [1.82, 2.24) is 9.38 Å². The zero-order valence-corrected chi connectivity index (χ0v) is 12.0. The summed E-state index contributed by atoms with van der Waals surface area (Å²) >= 11 is 0. The monoisotopic (exact) mass is 292 g/mol. The lowest BCUT2D eigenvalue weighted by atomic mass is 10.2. The SMILES string of the molecule is CCc1cnc2cc(C#Cc3cccc(F)c3)ccn2c1=O. The molecule has 0 amide bonds. The van der Waals surface area contributed by atoms with Crippen molar-refractivity contribution in [3.05, 3.63) is 81.7 Å². The summed E-state index contributed by atoms with van der Waals surface area (Å²) < 4.78 is 14.6. The molecule has 0 radical (unpaired) electrons. The lowest BCUT2D eigenvalue weighted by Crippen LogP contribution is -2.18. The first kappa shape index (κ1) is 14.0. The number of hydrogen-bond acceptors (Lipinski definition) is 2. The Bertz CT molecular complexity index is 964. The van der Waals surface area contributed by atoms with Crippen molar-refractivity contribution >= 4 is 5.65 Å². The number of benzene rings is 1. The summed E-state index contributed by atoms with van der Waals surface area (Å²) in [5.74, 6) is 5.54. The maximum absolute atomic E-state index is 13.1. The second kappa shape index (κ2) is 5.82. The third-order valence-corrected chi connectivity index (χ3v) is 3.34. The Morgan fingerprint density at radius 1 is 1.18 bits per heavy atom. The number of halogens is 1. The zero-order valence-electron chi connectivity index (χ0n) is 12.0. The predicted molar refractivity (Wildman–Crippen MR) is 83.2 cm³/mol. The van der Waals surface area contributed by atoms with E-state index in [0.717, 1.165) is 5.56 Å². The Hall–Kier alpha value is -2.93. The molecule has 0 aliphatic heterocycles. The average molecular weight is 292 g/mol. The van der Waals surface area contributed by atoms with Gasteiger partial charge < -0.3 is 0 Å². The maximum atomic E-state index is 13.1. The number of aromatic nitrogens is 2. The summed E-state index contributed by atoms with van der Waals surface area (Å²) in [4.78, 5) is 16.4. The van der Waals surface area contributed by atoms with E-state index in [1.165, 1.54) is 16.5 Å². The Balaban J connectivity index is 2.02.